The number of nitrogens with zero attached hydrogens (tertiary/aromatic N) is 5. The summed E-state index contributed by atoms with van der Waals surface area (Å²) in [6, 6.07) is 0. The maximum absolute atomic E-state index is 10.5. The molecule has 2 aliphatic heterocycles. The number of hydrogen-bond donors (Lipinski definition) is 1. The first-order valence-corrected chi connectivity index (χ1v) is 9.99. The van der Waals surface area contributed by atoms with Crippen LogP contribution in [0.25, 0.3) is 0 Å². The van der Waals surface area contributed by atoms with E-state index in [0.717, 1.165) is 77.2 Å². The van der Waals surface area contributed by atoms with Crippen molar-refractivity contribution in [1.82, 2.24) is 24.3 Å². The van der Waals surface area contributed by atoms with E-state index >= 15 is 0 Å². The van der Waals surface area contributed by atoms with Crippen LogP contribution in [0.15, 0.2) is 12.4 Å². The standard InChI is InChI=1S/C19H35N5O/c1-3-24-9-6-20-19(24)16-23-12-10-22(11-13-23)15-18(25)14-21-7-4-17(2)5-8-21/h6,9,17-18,25H,3-5,7-8,10-16H2,1-2H3. The number of imidazole rings is 1. The molecular formula is C19H35N5O. The fourth-order valence-corrected chi connectivity index (χ4v) is 4.01. The molecule has 2 saturated heterocycles. The Morgan fingerprint density at radius 1 is 1.04 bits per heavy atom. The molecule has 0 amide bonds. The summed E-state index contributed by atoms with van der Waals surface area (Å²) < 4.78 is 2.22. The van der Waals surface area contributed by atoms with Crippen LogP contribution >= 0.6 is 0 Å². The van der Waals surface area contributed by atoms with Crippen molar-refractivity contribution < 1.29 is 5.11 Å². The molecule has 0 bridgehead atoms. The van der Waals surface area contributed by atoms with Crippen molar-refractivity contribution >= 4 is 0 Å². The molecule has 2 fully saturated rings. The summed E-state index contributed by atoms with van der Waals surface area (Å²) in [7, 11) is 0. The number of aromatic nitrogens is 2. The fraction of sp³-hybridized carbons (Fsp3) is 0.842. The third kappa shape index (κ3) is 5.51. The van der Waals surface area contributed by atoms with E-state index in [4.69, 9.17) is 0 Å². The largest absolute Gasteiger partial charge is 0.390 e. The highest BCUT2D eigenvalue weighted by atomic mass is 16.3. The quantitative estimate of drug-likeness (QED) is 0.799. The molecule has 6 heteroatoms. The molecule has 3 rings (SSSR count). The Balaban J connectivity index is 1.36. The first-order valence-electron chi connectivity index (χ1n) is 9.99. The first kappa shape index (κ1) is 18.8. The van der Waals surface area contributed by atoms with Gasteiger partial charge in [0.2, 0.25) is 0 Å². The van der Waals surface area contributed by atoms with Gasteiger partial charge in [-0.2, -0.15) is 0 Å². The fourth-order valence-electron chi connectivity index (χ4n) is 4.01. The zero-order valence-electron chi connectivity index (χ0n) is 16.0. The van der Waals surface area contributed by atoms with Gasteiger partial charge in [0, 0.05) is 58.2 Å². The summed E-state index contributed by atoms with van der Waals surface area (Å²) in [4.78, 5) is 11.8. The molecule has 6 nitrogen and oxygen atoms in total. The van der Waals surface area contributed by atoms with Gasteiger partial charge in [0.1, 0.15) is 5.82 Å². The molecule has 0 aromatic carbocycles. The van der Waals surface area contributed by atoms with Crippen LogP contribution in [0.4, 0.5) is 0 Å². The molecular weight excluding hydrogens is 314 g/mol. The molecule has 0 spiro atoms. The number of rotatable bonds is 7. The second kappa shape index (κ2) is 9.12. The number of piperazine rings is 1. The first-order chi connectivity index (χ1) is 12.1. The maximum Gasteiger partial charge on any atom is 0.122 e. The molecule has 25 heavy (non-hydrogen) atoms. The van der Waals surface area contributed by atoms with Crippen molar-refractivity contribution in [3.63, 3.8) is 0 Å². The summed E-state index contributed by atoms with van der Waals surface area (Å²) in [6.07, 6.45) is 6.28. The number of likely N-dealkylation sites (tertiary alicyclic amines) is 1. The maximum atomic E-state index is 10.5. The minimum atomic E-state index is -0.223. The average Bonchev–Trinajstić information content (AvgIpc) is 3.06. The minimum Gasteiger partial charge on any atom is -0.390 e. The molecule has 3 heterocycles. The highest BCUT2D eigenvalue weighted by Crippen LogP contribution is 2.16. The van der Waals surface area contributed by atoms with Gasteiger partial charge in [-0.15, -0.1) is 0 Å². The lowest BCUT2D eigenvalue weighted by Gasteiger charge is -2.37. The van der Waals surface area contributed by atoms with Gasteiger partial charge in [-0.05, 0) is 38.8 Å². The molecule has 142 valence electrons. The van der Waals surface area contributed by atoms with Crippen LogP contribution in [0.2, 0.25) is 0 Å². The highest BCUT2D eigenvalue weighted by molar-refractivity contribution is 4.93. The zero-order valence-corrected chi connectivity index (χ0v) is 16.0. The Kier molecular flexibility index (Phi) is 6.87. The smallest absolute Gasteiger partial charge is 0.122 e. The summed E-state index contributed by atoms with van der Waals surface area (Å²) in [5, 5.41) is 10.5. The lowest BCUT2D eigenvalue weighted by atomic mass is 9.99. The van der Waals surface area contributed by atoms with Crippen LogP contribution in [0.1, 0.15) is 32.5 Å². The second-order valence-corrected chi connectivity index (χ2v) is 7.84. The van der Waals surface area contributed by atoms with Gasteiger partial charge in [-0.3, -0.25) is 9.80 Å². The van der Waals surface area contributed by atoms with Gasteiger partial charge in [0.15, 0.2) is 0 Å². The molecule has 1 aromatic heterocycles. The van der Waals surface area contributed by atoms with Gasteiger partial charge in [0.25, 0.3) is 0 Å². The molecule has 1 atom stereocenters. The van der Waals surface area contributed by atoms with Crippen molar-refractivity contribution in [2.24, 2.45) is 5.92 Å². The molecule has 1 N–H and O–H groups in total. The van der Waals surface area contributed by atoms with Crippen molar-refractivity contribution in [2.45, 2.75) is 45.9 Å². The van der Waals surface area contributed by atoms with Crippen molar-refractivity contribution in [2.75, 3.05) is 52.4 Å². The van der Waals surface area contributed by atoms with Gasteiger partial charge in [-0.25, -0.2) is 4.98 Å². The summed E-state index contributed by atoms with van der Waals surface area (Å²) in [6.45, 7) is 14.6. The second-order valence-electron chi connectivity index (χ2n) is 7.84. The minimum absolute atomic E-state index is 0.223. The monoisotopic (exact) mass is 349 g/mol. The Morgan fingerprint density at radius 3 is 2.28 bits per heavy atom. The van der Waals surface area contributed by atoms with E-state index in [9.17, 15) is 5.11 Å². The van der Waals surface area contributed by atoms with E-state index in [2.05, 4.69) is 44.3 Å². The van der Waals surface area contributed by atoms with E-state index in [-0.39, 0.29) is 6.10 Å². The number of aliphatic hydroxyl groups excluding tert-OH is 1. The van der Waals surface area contributed by atoms with Crippen molar-refractivity contribution in [3.05, 3.63) is 18.2 Å². The van der Waals surface area contributed by atoms with E-state index < -0.39 is 0 Å². The molecule has 0 aliphatic carbocycles. The molecule has 0 radical (unpaired) electrons. The number of aryl methyl sites for hydroxylation is 1. The van der Waals surface area contributed by atoms with Gasteiger partial charge < -0.3 is 14.6 Å². The summed E-state index contributed by atoms with van der Waals surface area (Å²) in [5.74, 6) is 2.01. The average molecular weight is 350 g/mol. The van der Waals surface area contributed by atoms with Crippen LogP contribution in [0, 0.1) is 5.92 Å². The molecule has 0 saturated carbocycles. The lowest BCUT2D eigenvalue weighted by molar-refractivity contribution is 0.0409. The Bertz CT molecular complexity index is 504. The van der Waals surface area contributed by atoms with Crippen molar-refractivity contribution in [1.29, 1.82) is 0 Å². The highest BCUT2D eigenvalue weighted by Gasteiger charge is 2.23. The van der Waals surface area contributed by atoms with E-state index in [0.29, 0.717) is 0 Å². The van der Waals surface area contributed by atoms with Crippen molar-refractivity contribution in [3.8, 4) is 0 Å². The lowest BCUT2D eigenvalue weighted by Crippen LogP contribution is -2.50. The third-order valence-electron chi connectivity index (χ3n) is 5.79. The van der Waals surface area contributed by atoms with Crippen LogP contribution in [0.5, 0.6) is 0 Å². The summed E-state index contributed by atoms with van der Waals surface area (Å²) in [5.41, 5.74) is 0. The van der Waals surface area contributed by atoms with E-state index in [1.54, 1.807) is 0 Å². The topological polar surface area (TPSA) is 47.8 Å². The van der Waals surface area contributed by atoms with Crippen LogP contribution in [0.3, 0.4) is 0 Å². The zero-order chi connectivity index (χ0) is 17.6. The SMILES string of the molecule is CCn1ccnc1CN1CCN(CC(O)CN2CCC(C)CC2)CC1. The molecule has 2 aliphatic rings. The van der Waals surface area contributed by atoms with Crippen LogP contribution < -0.4 is 0 Å². The molecule has 1 unspecified atom stereocenters. The summed E-state index contributed by atoms with van der Waals surface area (Å²) >= 11 is 0. The van der Waals surface area contributed by atoms with E-state index in [1.165, 1.54) is 12.8 Å². The van der Waals surface area contributed by atoms with Gasteiger partial charge in [0.05, 0.1) is 12.6 Å². The number of piperidine rings is 1. The van der Waals surface area contributed by atoms with E-state index in [1.807, 2.05) is 6.20 Å². The normalized spacial score (nSPS) is 23.2. The van der Waals surface area contributed by atoms with Crippen LogP contribution in [-0.4, -0.2) is 87.8 Å². The van der Waals surface area contributed by atoms with Gasteiger partial charge in [-0.1, -0.05) is 6.92 Å². The Morgan fingerprint density at radius 2 is 1.64 bits per heavy atom. The molecule has 1 aromatic rings. The number of hydrogen-bond acceptors (Lipinski definition) is 5. The number of β-amino-alcohol motifs (C(OH)–C–C–N with tert-alkyl or cyclic N) is 1. The van der Waals surface area contributed by atoms with Crippen LogP contribution in [-0.2, 0) is 13.1 Å². The Hall–Kier alpha value is -0.950. The Labute approximate surface area is 152 Å². The third-order valence-corrected chi connectivity index (χ3v) is 5.79. The number of aliphatic hydroxyl groups is 1. The van der Waals surface area contributed by atoms with Gasteiger partial charge >= 0.3 is 0 Å². The predicted molar refractivity (Wildman–Crippen MR) is 100 cm³/mol. The predicted octanol–water partition coefficient (Wildman–Crippen LogP) is 1.11.